The third kappa shape index (κ3) is 2.94. The number of hydrogen-bond donors (Lipinski definition) is 4. The highest BCUT2D eigenvalue weighted by molar-refractivity contribution is 5.80. The van der Waals surface area contributed by atoms with Crippen LogP contribution in [0.2, 0.25) is 0 Å². The summed E-state index contributed by atoms with van der Waals surface area (Å²) in [4.78, 5) is 10.4. The first-order valence-electron chi connectivity index (χ1n) is 3.16. The van der Waals surface area contributed by atoms with E-state index in [-0.39, 0.29) is 0 Å². The van der Waals surface area contributed by atoms with Crippen molar-refractivity contribution >= 4 is 5.78 Å². The summed E-state index contributed by atoms with van der Waals surface area (Å²) in [6.45, 7) is 0.392. The van der Waals surface area contributed by atoms with Crippen molar-refractivity contribution in [1.82, 2.24) is 0 Å². The molecule has 0 aliphatic carbocycles. The van der Waals surface area contributed by atoms with E-state index >= 15 is 0 Å². The molecule has 0 aromatic rings. The minimum absolute atomic E-state index is 0.648. The normalized spacial score (nSPS) is 19.0. The minimum Gasteiger partial charge on any atom is -0.394 e. The first-order valence-corrected chi connectivity index (χ1v) is 3.16. The standard InChI is InChI=1S/C6H12O5/c1-3(8)5(10)6(11)4(9)2-7/h4-7,9-11H,2H2,1H3/t4-,5-,6+/m0/s1. The van der Waals surface area contributed by atoms with Gasteiger partial charge in [-0.25, -0.2) is 0 Å². The monoisotopic (exact) mass is 164 g/mol. The second-order valence-corrected chi connectivity index (χ2v) is 2.30. The number of rotatable bonds is 4. The summed E-state index contributed by atoms with van der Waals surface area (Å²) < 4.78 is 0. The lowest BCUT2D eigenvalue weighted by molar-refractivity contribution is -0.137. The molecule has 5 nitrogen and oxygen atoms in total. The third-order valence-corrected chi connectivity index (χ3v) is 1.32. The SMILES string of the molecule is CC(=O)[C@H](O)[C@H](O)[C@@H](O)CO. The average molecular weight is 164 g/mol. The van der Waals surface area contributed by atoms with Crippen molar-refractivity contribution in [3.8, 4) is 0 Å². The topological polar surface area (TPSA) is 98.0 Å². The van der Waals surface area contributed by atoms with Crippen molar-refractivity contribution in [2.45, 2.75) is 25.2 Å². The van der Waals surface area contributed by atoms with E-state index in [1.807, 2.05) is 0 Å². The Morgan fingerprint density at radius 3 is 2.09 bits per heavy atom. The fourth-order valence-electron chi connectivity index (χ4n) is 0.559. The van der Waals surface area contributed by atoms with E-state index in [9.17, 15) is 4.79 Å². The van der Waals surface area contributed by atoms with Crippen LogP contribution in [-0.2, 0) is 4.79 Å². The van der Waals surface area contributed by atoms with E-state index in [0.29, 0.717) is 0 Å². The van der Waals surface area contributed by atoms with Gasteiger partial charge in [0.1, 0.15) is 18.3 Å². The Balaban J connectivity index is 4.00. The number of carbonyl (C=O) groups excluding carboxylic acids is 1. The molecule has 0 aromatic heterocycles. The van der Waals surface area contributed by atoms with Gasteiger partial charge in [0.15, 0.2) is 5.78 Å². The lowest BCUT2D eigenvalue weighted by Gasteiger charge is -2.18. The highest BCUT2D eigenvalue weighted by atomic mass is 16.4. The molecule has 4 N–H and O–H groups in total. The molecule has 0 saturated carbocycles. The molecule has 0 radical (unpaired) electrons. The minimum atomic E-state index is -1.63. The molecule has 11 heavy (non-hydrogen) atoms. The molecule has 0 rings (SSSR count). The van der Waals surface area contributed by atoms with Crippen LogP contribution in [0.3, 0.4) is 0 Å². The molecule has 0 bridgehead atoms. The highest BCUT2D eigenvalue weighted by Crippen LogP contribution is 2.00. The van der Waals surface area contributed by atoms with Crippen LogP contribution in [0.4, 0.5) is 0 Å². The van der Waals surface area contributed by atoms with Gasteiger partial charge in [-0.1, -0.05) is 0 Å². The predicted octanol–water partition coefficient (Wildman–Crippen LogP) is -2.35. The molecule has 0 heterocycles. The summed E-state index contributed by atoms with van der Waals surface area (Å²) in [7, 11) is 0. The van der Waals surface area contributed by atoms with Crippen LogP contribution < -0.4 is 0 Å². The van der Waals surface area contributed by atoms with Crippen LogP contribution in [0, 0.1) is 0 Å². The lowest BCUT2D eigenvalue weighted by atomic mass is 10.1. The fourth-order valence-corrected chi connectivity index (χ4v) is 0.559. The zero-order chi connectivity index (χ0) is 9.02. The molecule has 0 amide bonds. The van der Waals surface area contributed by atoms with Gasteiger partial charge < -0.3 is 20.4 Å². The van der Waals surface area contributed by atoms with Crippen molar-refractivity contribution in [2.24, 2.45) is 0 Å². The van der Waals surface area contributed by atoms with Gasteiger partial charge in [-0.15, -0.1) is 0 Å². The molecule has 3 atom stereocenters. The molecule has 0 saturated heterocycles. The van der Waals surface area contributed by atoms with E-state index in [4.69, 9.17) is 20.4 Å². The Morgan fingerprint density at radius 1 is 1.36 bits per heavy atom. The third-order valence-electron chi connectivity index (χ3n) is 1.32. The second-order valence-electron chi connectivity index (χ2n) is 2.30. The van der Waals surface area contributed by atoms with Crippen molar-refractivity contribution in [2.75, 3.05) is 6.61 Å². The molecule has 0 aliphatic rings. The Labute approximate surface area is 63.9 Å². The van der Waals surface area contributed by atoms with Gasteiger partial charge in [0.2, 0.25) is 0 Å². The molecule has 0 aromatic carbocycles. The summed E-state index contributed by atoms with van der Waals surface area (Å²) in [5.74, 6) is -0.648. The first kappa shape index (κ1) is 10.5. The van der Waals surface area contributed by atoms with E-state index in [2.05, 4.69) is 0 Å². The van der Waals surface area contributed by atoms with Gasteiger partial charge in [-0.05, 0) is 6.92 Å². The van der Waals surface area contributed by atoms with E-state index in [1.54, 1.807) is 0 Å². The smallest absolute Gasteiger partial charge is 0.160 e. The summed E-state index contributed by atoms with van der Waals surface area (Å²) in [6.07, 6.45) is -4.72. The van der Waals surface area contributed by atoms with Gasteiger partial charge >= 0.3 is 0 Å². The van der Waals surface area contributed by atoms with Crippen molar-refractivity contribution in [3.63, 3.8) is 0 Å². The molecular weight excluding hydrogens is 152 g/mol. The van der Waals surface area contributed by atoms with E-state index in [0.717, 1.165) is 6.92 Å². The fraction of sp³-hybridized carbons (Fsp3) is 0.833. The highest BCUT2D eigenvalue weighted by Gasteiger charge is 2.26. The zero-order valence-corrected chi connectivity index (χ0v) is 6.14. The largest absolute Gasteiger partial charge is 0.394 e. The number of Topliss-reactive ketones (excluding diaryl/α,β-unsaturated/α-hetero) is 1. The van der Waals surface area contributed by atoms with Crippen LogP contribution in [0.25, 0.3) is 0 Å². The van der Waals surface area contributed by atoms with Crippen LogP contribution in [0.5, 0.6) is 0 Å². The number of ketones is 1. The summed E-state index contributed by atoms with van der Waals surface area (Å²) in [5, 5.41) is 34.7. The number of hydrogen-bond acceptors (Lipinski definition) is 5. The number of aliphatic hydroxyl groups excluding tert-OH is 4. The Kier molecular flexibility index (Phi) is 4.20. The van der Waals surface area contributed by atoms with E-state index in [1.165, 1.54) is 0 Å². The Hall–Kier alpha value is -0.490. The summed E-state index contributed by atoms with van der Waals surface area (Å²) in [6, 6.07) is 0. The maximum Gasteiger partial charge on any atom is 0.160 e. The summed E-state index contributed by atoms with van der Waals surface area (Å²) in [5.41, 5.74) is 0. The maximum absolute atomic E-state index is 10.4. The van der Waals surface area contributed by atoms with Gasteiger partial charge in [0.05, 0.1) is 6.61 Å². The van der Waals surface area contributed by atoms with Crippen LogP contribution in [0.1, 0.15) is 6.92 Å². The predicted molar refractivity (Wildman–Crippen MR) is 35.8 cm³/mol. The number of carbonyl (C=O) groups is 1. The van der Waals surface area contributed by atoms with Crippen LogP contribution >= 0.6 is 0 Å². The number of aliphatic hydroxyl groups is 4. The summed E-state index contributed by atoms with van der Waals surface area (Å²) >= 11 is 0. The Morgan fingerprint density at radius 2 is 1.82 bits per heavy atom. The van der Waals surface area contributed by atoms with Crippen molar-refractivity contribution < 1.29 is 25.2 Å². The second kappa shape index (κ2) is 4.40. The molecule has 0 fully saturated rings. The van der Waals surface area contributed by atoms with Gasteiger partial charge in [-0.2, -0.15) is 0 Å². The Bertz CT molecular complexity index is 135. The van der Waals surface area contributed by atoms with Crippen molar-refractivity contribution in [3.05, 3.63) is 0 Å². The zero-order valence-electron chi connectivity index (χ0n) is 6.14. The maximum atomic E-state index is 10.4. The molecule has 66 valence electrons. The van der Waals surface area contributed by atoms with Gasteiger partial charge in [0.25, 0.3) is 0 Å². The first-order chi connectivity index (χ1) is 5.00. The van der Waals surface area contributed by atoms with Gasteiger partial charge in [-0.3, -0.25) is 4.79 Å². The molecule has 0 aliphatic heterocycles. The van der Waals surface area contributed by atoms with E-state index < -0.39 is 30.7 Å². The van der Waals surface area contributed by atoms with Crippen LogP contribution in [-0.4, -0.2) is 51.1 Å². The molecule has 5 heteroatoms. The van der Waals surface area contributed by atoms with Gasteiger partial charge in [0, 0.05) is 0 Å². The average Bonchev–Trinajstić information content (AvgIpc) is 2.00. The molecule has 0 spiro atoms. The molecular formula is C6H12O5. The molecule has 0 unspecified atom stereocenters. The lowest BCUT2D eigenvalue weighted by Crippen LogP contribution is -2.42. The van der Waals surface area contributed by atoms with Crippen LogP contribution in [0.15, 0.2) is 0 Å². The van der Waals surface area contributed by atoms with Crippen molar-refractivity contribution in [1.29, 1.82) is 0 Å². The quantitative estimate of drug-likeness (QED) is 0.373.